The van der Waals surface area contributed by atoms with Crippen molar-refractivity contribution in [2.75, 3.05) is 20.8 Å². The van der Waals surface area contributed by atoms with Crippen molar-refractivity contribution in [3.05, 3.63) is 60.4 Å². The predicted molar refractivity (Wildman–Crippen MR) is 138 cm³/mol. The van der Waals surface area contributed by atoms with E-state index in [1.54, 1.807) is 26.4 Å². The topological polar surface area (TPSA) is 98.1 Å². The van der Waals surface area contributed by atoms with E-state index >= 15 is 0 Å². The lowest BCUT2D eigenvalue weighted by atomic mass is 9.99. The minimum Gasteiger partial charge on any atom is -0.426 e. The molecule has 1 aliphatic heterocycles. The van der Waals surface area contributed by atoms with E-state index in [9.17, 15) is 22.0 Å². The molecule has 1 aromatic heterocycles. The molecule has 1 fully saturated rings. The number of rotatable bonds is 12. The Balaban J connectivity index is 1.33. The van der Waals surface area contributed by atoms with Gasteiger partial charge in [0, 0.05) is 32.9 Å². The first kappa shape index (κ1) is 31.7. The third kappa shape index (κ3) is 7.22. The van der Waals surface area contributed by atoms with Crippen molar-refractivity contribution in [1.29, 1.82) is 0 Å². The number of ether oxygens (including phenoxy) is 5. The molecule has 42 heavy (non-hydrogen) atoms. The molecule has 5 atom stereocenters. The number of nitrogens with one attached hydrogen (secondary N) is 1. The number of hydrogen-bond donors (Lipinski definition) is 1. The highest BCUT2D eigenvalue weighted by molar-refractivity contribution is 5.55. The van der Waals surface area contributed by atoms with E-state index in [0.29, 0.717) is 30.2 Å². The number of halogens is 5. The maximum atomic E-state index is 13.1. The minimum atomic E-state index is -5.83. The first-order valence-corrected chi connectivity index (χ1v) is 12.9. The average Bonchev–Trinajstić information content (AvgIpc) is 3.44. The largest absolute Gasteiger partial charge is 0.499 e. The zero-order chi connectivity index (χ0) is 30.5. The quantitative estimate of drug-likeness (QED) is 0.234. The van der Waals surface area contributed by atoms with E-state index < -0.39 is 30.4 Å². The van der Waals surface area contributed by atoms with Crippen molar-refractivity contribution in [3.63, 3.8) is 0 Å². The van der Waals surface area contributed by atoms with Crippen LogP contribution in [0, 0.1) is 0 Å². The zero-order valence-corrected chi connectivity index (χ0v) is 23.2. The molecule has 10 nitrogen and oxygen atoms in total. The summed E-state index contributed by atoms with van der Waals surface area (Å²) in [6.07, 6.45) is -12.0. The highest BCUT2D eigenvalue weighted by Gasteiger charge is 2.61. The standard InChI is InChI=1S/C27H31F5N4O6/c1-5-39-22-21(37-3)16(2)40-25(23(22)38-4)42-34-14-17-6-8-18(9-7-17)24-33-15-36(35-24)19-10-12-20(13-11-19)41-27(31,32)26(28,29)30/h6-13,15-16,21-23,25,34H,5,14H2,1-4H3/t16-,21?,22+,23+,25-/m0/s1. The van der Waals surface area contributed by atoms with Crippen molar-refractivity contribution in [3.8, 4) is 22.8 Å². The van der Waals surface area contributed by atoms with Crippen LogP contribution in [-0.4, -0.2) is 78.6 Å². The first-order valence-electron chi connectivity index (χ1n) is 12.9. The summed E-state index contributed by atoms with van der Waals surface area (Å²) in [5, 5.41) is 4.35. The number of methoxy groups -OCH3 is 2. The van der Waals surface area contributed by atoms with Gasteiger partial charge >= 0.3 is 12.3 Å². The highest BCUT2D eigenvalue weighted by Crippen LogP contribution is 2.37. The van der Waals surface area contributed by atoms with Crippen molar-refractivity contribution in [2.45, 2.75) is 63.4 Å². The Morgan fingerprint density at radius 3 is 2.19 bits per heavy atom. The molecule has 0 spiro atoms. The molecule has 0 aliphatic carbocycles. The second-order valence-corrected chi connectivity index (χ2v) is 9.29. The second-order valence-electron chi connectivity index (χ2n) is 9.29. The summed E-state index contributed by atoms with van der Waals surface area (Å²) < 4.78 is 91.4. The number of hydrogen-bond acceptors (Lipinski definition) is 9. The smallest absolute Gasteiger partial charge is 0.426 e. The maximum absolute atomic E-state index is 13.1. The van der Waals surface area contributed by atoms with Crippen LogP contribution in [0.25, 0.3) is 17.1 Å². The van der Waals surface area contributed by atoms with E-state index in [1.807, 2.05) is 26.0 Å². The Morgan fingerprint density at radius 1 is 0.929 bits per heavy atom. The van der Waals surface area contributed by atoms with Gasteiger partial charge < -0.3 is 23.7 Å². The Bertz CT molecular complexity index is 1280. The Kier molecular flexibility index (Phi) is 10.1. The van der Waals surface area contributed by atoms with Crippen LogP contribution in [0.2, 0.25) is 0 Å². The molecule has 2 aromatic carbocycles. The van der Waals surface area contributed by atoms with E-state index in [2.05, 4.69) is 20.3 Å². The summed E-state index contributed by atoms with van der Waals surface area (Å²) in [6, 6.07) is 11.8. The molecule has 0 radical (unpaired) electrons. The lowest BCUT2D eigenvalue weighted by molar-refractivity contribution is -0.360. The number of benzene rings is 2. The van der Waals surface area contributed by atoms with Gasteiger partial charge in [-0.3, -0.25) is 4.84 Å². The van der Waals surface area contributed by atoms with E-state index in [-0.39, 0.29) is 18.3 Å². The summed E-state index contributed by atoms with van der Waals surface area (Å²) in [6.45, 7) is 4.59. The van der Waals surface area contributed by atoms with Crippen molar-refractivity contribution in [2.24, 2.45) is 0 Å². The summed E-state index contributed by atoms with van der Waals surface area (Å²) in [5.74, 6) is -0.276. The SMILES string of the molecule is CCO[C@@H]1C(OC)[C@H](C)O[C@@H](ONCc2ccc(-c3ncn(-c4ccc(OC(F)(F)C(F)(F)F)cc4)n3)cc2)[C@@H]1OC. The lowest BCUT2D eigenvalue weighted by Gasteiger charge is -2.43. The molecule has 1 aliphatic rings. The van der Waals surface area contributed by atoms with Crippen molar-refractivity contribution >= 4 is 0 Å². The molecule has 1 unspecified atom stereocenters. The fourth-order valence-electron chi connectivity index (χ4n) is 4.39. The molecule has 0 amide bonds. The normalized spacial score (nSPS) is 23.2. The molecular formula is C27H31F5N4O6. The van der Waals surface area contributed by atoms with Crippen LogP contribution in [0.5, 0.6) is 5.75 Å². The summed E-state index contributed by atoms with van der Waals surface area (Å²) in [7, 11) is 3.15. The molecule has 15 heteroatoms. The van der Waals surface area contributed by atoms with Gasteiger partial charge in [0.15, 0.2) is 5.82 Å². The fourth-order valence-corrected chi connectivity index (χ4v) is 4.39. The maximum Gasteiger partial charge on any atom is 0.499 e. The average molecular weight is 603 g/mol. The van der Waals surface area contributed by atoms with Gasteiger partial charge in [0.1, 0.15) is 30.4 Å². The van der Waals surface area contributed by atoms with Gasteiger partial charge in [-0.05, 0) is 43.7 Å². The van der Waals surface area contributed by atoms with E-state index in [0.717, 1.165) is 17.7 Å². The monoisotopic (exact) mass is 602 g/mol. The van der Waals surface area contributed by atoms with Gasteiger partial charge in [0.05, 0.1) is 11.8 Å². The van der Waals surface area contributed by atoms with E-state index in [1.165, 1.54) is 23.1 Å². The van der Waals surface area contributed by atoms with Crippen LogP contribution >= 0.6 is 0 Å². The fraction of sp³-hybridized carbons (Fsp3) is 0.481. The van der Waals surface area contributed by atoms with Crippen LogP contribution in [0.15, 0.2) is 54.9 Å². The molecule has 230 valence electrons. The predicted octanol–water partition coefficient (Wildman–Crippen LogP) is 4.67. The second kappa shape index (κ2) is 13.4. The number of aromatic nitrogens is 3. The van der Waals surface area contributed by atoms with Crippen LogP contribution in [-0.2, 0) is 30.3 Å². The molecular weight excluding hydrogens is 571 g/mol. The zero-order valence-electron chi connectivity index (χ0n) is 23.2. The van der Waals surface area contributed by atoms with Gasteiger partial charge in [-0.25, -0.2) is 9.67 Å². The van der Waals surface area contributed by atoms with Gasteiger partial charge in [-0.1, -0.05) is 24.3 Å². The van der Waals surface area contributed by atoms with Crippen LogP contribution in [0.4, 0.5) is 22.0 Å². The highest BCUT2D eigenvalue weighted by atomic mass is 19.4. The van der Waals surface area contributed by atoms with Crippen LogP contribution in [0.1, 0.15) is 19.4 Å². The molecule has 1 N–H and O–H groups in total. The van der Waals surface area contributed by atoms with Crippen LogP contribution < -0.4 is 10.2 Å². The molecule has 4 rings (SSSR count). The Labute approximate surface area is 238 Å². The lowest BCUT2D eigenvalue weighted by Crippen LogP contribution is -2.60. The molecule has 0 bridgehead atoms. The summed E-state index contributed by atoms with van der Waals surface area (Å²) >= 11 is 0. The molecule has 3 aromatic rings. The Hall–Kier alpha value is -3.21. The first-order chi connectivity index (χ1) is 20.0. The third-order valence-corrected chi connectivity index (χ3v) is 6.49. The third-order valence-electron chi connectivity index (χ3n) is 6.49. The summed E-state index contributed by atoms with van der Waals surface area (Å²) in [4.78, 5) is 10.0. The Morgan fingerprint density at radius 2 is 1.60 bits per heavy atom. The molecule has 2 heterocycles. The van der Waals surface area contributed by atoms with Crippen molar-refractivity contribution in [1.82, 2.24) is 20.2 Å². The summed E-state index contributed by atoms with van der Waals surface area (Å²) in [5.41, 5.74) is 4.87. The number of alkyl halides is 5. The van der Waals surface area contributed by atoms with Crippen molar-refractivity contribution < 1.29 is 50.5 Å². The molecule has 0 saturated carbocycles. The van der Waals surface area contributed by atoms with Gasteiger partial charge in [0.2, 0.25) is 6.29 Å². The van der Waals surface area contributed by atoms with Crippen LogP contribution in [0.3, 0.4) is 0 Å². The van der Waals surface area contributed by atoms with Gasteiger partial charge in [0.25, 0.3) is 0 Å². The minimum absolute atomic E-state index is 0.290. The van der Waals surface area contributed by atoms with Gasteiger partial charge in [-0.15, -0.1) is 5.10 Å². The molecule has 1 saturated heterocycles. The number of nitrogens with zero attached hydrogens (tertiary/aromatic N) is 3. The number of hydroxylamine groups is 1. The van der Waals surface area contributed by atoms with Gasteiger partial charge in [-0.2, -0.15) is 27.4 Å². The van der Waals surface area contributed by atoms with E-state index in [4.69, 9.17) is 23.8 Å².